The Morgan fingerprint density at radius 3 is 2.60 bits per heavy atom. The number of fused-ring (bicyclic) bond motifs is 2. The number of piperidine rings is 1. The molecule has 268 valence electrons. The molecule has 1 unspecified atom stereocenters. The van der Waals surface area contributed by atoms with Crippen LogP contribution in [0.15, 0.2) is 46.8 Å². The predicted molar refractivity (Wildman–Crippen MR) is 197 cm³/mol. The topological polar surface area (TPSA) is 169 Å². The zero-order valence-electron chi connectivity index (χ0n) is 28.8. The van der Waals surface area contributed by atoms with Gasteiger partial charge in [-0.3, -0.25) is 19.2 Å². The highest BCUT2D eigenvalue weighted by Gasteiger charge is 2.44. The van der Waals surface area contributed by atoms with E-state index in [0.29, 0.717) is 63.9 Å². The first-order valence-corrected chi connectivity index (χ1v) is 17.6. The lowest BCUT2D eigenvalue weighted by atomic mass is 9.96. The number of nitrogens with zero attached hydrogens (tertiary/aromatic N) is 7. The summed E-state index contributed by atoms with van der Waals surface area (Å²) in [5.74, 6) is 3.07. The van der Waals surface area contributed by atoms with Gasteiger partial charge in [0.2, 0.25) is 5.85 Å². The van der Waals surface area contributed by atoms with E-state index in [1.165, 1.54) is 35.9 Å². The average molecular weight is 744 g/mol. The van der Waals surface area contributed by atoms with E-state index in [2.05, 4.69) is 32.9 Å². The van der Waals surface area contributed by atoms with Crippen LogP contribution < -0.4 is 10.5 Å². The molecule has 52 heavy (non-hydrogen) atoms. The van der Waals surface area contributed by atoms with Gasteiger partial charge >= 0.3 is 5.97 Å². The molecule has 0 saturated carbocycles. The maximum Gasteiger partial charge on any atom is 0.338 e. The summed E-state index contributed by atoms with van der Waals surface area (Å²) in [4.78, 5) is 42.7. The molecule has 4 aromatic heterocycles. The Balaban J connectivity index is 1.29. The second-order valence-electron chi connectivity index (χ2n) is 13.3. The number of carbonyl (C=O) groups is 1. The molecule has 5 heterocycles. The molecule has 1 saturated heterocycles. The van der Waals surface area contributed by atoms with Crippen molar-refractivity contribution >= 4 is 55.8 Å². The van der Waals surface area contributed by atoms with E-state index in [1.54, 1.807) is 54.7 Å². The molecule has 1 aliphatic rings. The Morgan fingerprint density at radius 2 is 1.92 bits per heavy atom. The molecule has 12 nitrogen and oxygen atoms in total. The quantitative estimate of drug-likeness (QED) is 0.183. The van der Waals surface area contributed by atoms with Crippen LogP contribution in [0.2, 0.25) is 5.02 Å². The largest absolute Gasteiger partial charge is 0.478 e. The summed E-state index contributed by atoms with van der Waals surface area (Å²) >= 11 is 7.65. The number of rotatable bonds is 8. The van der Waals surface area contributed by atoms with E-state index < -0.39 is 23.0 Å². The van der Waals surface area contributed by atoms with Crippen molar-refractivity contribution in [1.29, 1.82) is 5.26 Å². The zero-order chi connectivity index (χ0) is 37.5. The molecular weight excluding hydrogens is 709 g/mol. The molecule has 5 aromatic rings. The normalized spacial score (nSPS) is 15.2. The highest BCUT2D eigenvalue weighted by molar-refractivity contribution is 7.18. The average Bonchev–Trinajstić information content (AvgIpc) is 3.54. The first-order valence-electron chi connectivity index (χ1n) is 16.4. The van der Waals surface area contributed by atoms with Crippen LogP contribution in [0, 0.1) is 30.1 Å². The SMILES string of the molecule is Cc1nc2cnc(N(C)C3CCN(CC(O)(F)C(C)(C)O)CC3)c(C#N)c2c(=O)n1CC#Cc1ccc(Cl)cc1-c1ccnc2c(C(=O)O)csc12. The summed E-state index contributed by atoms with van der Waals surface area (Å²) in [5, 5.41) is 42.2. The number of aromatic carboxylic acids is 1. The maximum atomic E-state index is 14.7. The molecule has 1 aromatic carbocycles. The van der Waals surface area contributed by atoms with Crippen LogP contribution in [-0.2, 0) is 6.54 Å². The third-order valence-corrected chi connectivity index (χ3v) is 10.7. The van der Waals surface area contributed by atoms with Crippen LogP contribution >= 0.6 is 22.9 Å². The van der Waals surface area contributed by atoms with Crippen molar-refractivity contribution in [2.75, 3.05) is 31.6 Å². The first-order chi connectivity index (χ1) is 24.6. The molecular formula is C37H35ClFN7O5S. The number of halogens is 2. The van der Waals surface area contributed by atoms with Crippen molar-refractivity contribution in [3.63, 3.8) is 0 Å². The van der Waals surface area contributed by atoms with E-state index in [-0.39, 0.29) is 41.2 Å². The Bertz CT molecular complexity index is 2380. The van der Waals surface area contributed by atoms with Crippen molar-refractivity contribution in [2.24, 2.45) is 0 Å². The van der Waals surface area contributed by atoms with E-state index in [0.717, 1.165) is 5.56 Å². The van der Waals surface area contributed by atoms with Gasteiger partial charge in [0.05, 0.1) is 46.0 Å². The molecule has 0 aliphatic carbocycles. The summed E-state index contributed by atoms with van der Waals surface area (Å²) in [6.45, 7) is 4.63. The molecule has 0 spiro atoms. The van der Waals surface area contributed by atoms with Gasteiger partial charge in [-0.05, 0) is 57.9 Å². The summed E-state index contributed by atoms with van der Waals surface area (Å²) in [6.07, 6.45) is 4.16. The fourth-order valence-corrected chi connectivity index (χ4v) is 7.55. The Kier molecular flexibility index (Phi) is 10.1. The number of aromatic nitrogens is 4. The van der Waals surface area contributed by atoms with Gasteiger partial charge in [0, 0.05) is 59.5 Å². The van der Waals surface area contributed by atoms with Crippen LogP contribution in [0.25, 0.3) is 32.2 Å². The van der Waals surface area contributed by atoms with Crippen molar-refractivity contribution < 1.29 is 24.5 Å². The molecule has 0 amide bonds. The molecule has 15 heteroatoms. The number of benzene rings is 1. The van der Waals surface area contributed by atoms with Crippen LogP contribution in [-0.4, -0.2) is 89.9 Å². The summed E-state index contributed by atoms with van der Waals surface area (Å²) in [6, 6.07) is 9.07. The summed E-state index contributed by atoms with van der Waals surface area (Å²) in [5.41, 5.74) is 0.486. The summed E-state index contributed by atoms with van der Waals surface area (Å²) < 4.78 is 16.8. The lowest BCUT2D eigenvalue weighted by Gasteiger charge is -2.41. The van der Waals surface area contributed by atoms with E-state index >= 15 is 0 Å². The van der Waals surface area contributed by atoms with Gasteiger partial charge in [-0.2, -0.15) is 5.26 Å². The molecule has 3 N–H and O–H groups in total. The minimum absolute atomic E-state index is 0.0357. The van der Waals surface area contributed by atoms with E-state index in [1.807, 2.05) is 4.90 Å². The van der Waals surface area contributed by atoms with Crippen molar-refractivity contribution in [1.82, 2.24) is 24.4 Å². The number of aliphatic hydroxyl groups is 2. The Labute approximate surface area is 307 Å². The lowest BCUT2D eigenvalue weighted by molar-refractivity contribution is -0.223. The number of nitriles is 1. The van der Waals surface area contributed by atoms with Crippen LogP contribution in [0.3, 0.4) is 0 Å². The highest BCUT2D eigenvalue weighted by Crippen LogP contribution is 2.36. The van der Waals surface area contributed by atoms with Gasteiger partial charge in [0.1, 0.15) is 28.9 Å². The van der Waals surface area contributed by atoms with Gasteiger partial charge in [-0.15, -0.1) is 11.3 Å². The van der Waals surface area contributed by atoms with E-state index in [4.69, 9.17) is 11.6 Å². The number of likely N-dealkylation sites (tertiary alicyclic amines) is 1. The predicted octanol–water partition coefficient (Wildman–Crippen LogP) is 4.98. The standard InChI is InChI=1S/C37H35ClFN7O5S/c1-21-43-29-18-42-33(44(4)24-10-14-45(15-11-24)20-37(39,51)36(2,3)50)27(17-40)30(29)34(47)46(21)13-5-6-22-7-8-23(38)16-26(22)25-9-12-41-31-28(35(48)49)19-52-32(25)31/h7-9,12,16,18-19,24,50-51H,10-11,13-15,20H2,1-4H3,(H,48,49). The number of alkyl halides is 1. The van der Waals surface area contributed by atoms with Crippen molar-refractivity contribution in [2.45, 2.75) is 57.7 Å². The number of pyridine rings is 2. The second kappa shape index (κ2) is 14.2. The number of anilines is 1. The fraction of sp³-hybridized carbons (Fsp3) is 0.351. The number of hydrogen-bond acceptors (Lipinski definition) is 11. The number of hydrogen-bond donors (Lipinski definition) is 3. The minimum Gasteiger partial charge on any atom is -0.478 e. The van der Waals surface area contributed by atoms with Gasteiger partial charge < -0.3 is 20.2 Å². The molecule has 0 radical (unpaired) electrons. The van der Waals surface area contributed by atoms with Crippen molar-refractivity contribution in [3.05, 3.63) is 79.9 Å². The fourth-order valence-electron chi connectivity index (χ4n) is 6.36. The monoisotopic (exact) mass is 743 g/mol. The Hall–Kier alpha value is -4.96. The third-order valence-electron chi connectivity index (χ3n) is 9.51. The number of carboxylic acids is 1. The van der Waals surface area contributed by atoms with Crippen LogP contribution in [0.5, 0.6) is 0 Å². The van der Waals surface area contributed by atoms with Crippen molar-refractivity contribution in [3.8, 4) is 29.0 Å². The molecule has 0 bridgehead atoms. The molecule has 6 rings (SSSR count). The van der Waals surface area contributed by atoms with Gasteiger partial charge in [-0.25, -0.2) is 19.2 Å². The highest BCUT2D eigenvalue weighted by atomic mass is 35.5. The summed E-state index contributed by atoms with van der Waals surface area (Å²) in [7, 11) is 1.79. The first kappa shape index (κ1) is 36.8. The van der Waals surface area contributed by atoms with Gasteiger partial charge in [0.25, 0.3) is 5.56 Å². The molecule has 1 aliphatic heterocycles. The van der Waals surface area contributed by atoms with Gasteiger partial charge in [0.15, 0.2) is 0 Å². The Morgan fingerprint density at radius 1 is 1.19 bits per heavy atom. The lowest BCUT2D eigenvalue weighted by Crippen LogP contribution is -2.56. The molecule has 1 atom stereocenters. The number of β-amino-alcohol motifs (C(OH)–C–C–N with tert-alkyl or cyclic N) is 1. The molecule has 1 fully saturated rings. The smallest absolute Gasteiger partial charge is 0.338 e. The van der Waals surface area contributed by atoms with E-state index in [9.17, 15) is 34.6 Å². The number of carboxylic acid groups (broad SMARTS) is 1. The van der Waals surface area contributed by atoms with Gasteiger partial charge in [-0.1, -0.05) is 23.4 Å². The minimum atomic E-state index is -2.78. The van der Waals surface area contributed by atoms with Crippen LogP contribution in [0.1, 0.15) is 54.0 Å². The number of aryl methyl sites for hydroxylation is 1. The maximum absolute atomic E-state index is 14.7. The van der Waals surface area contributed by atoms with Crippen LogP contribution in [0.4, 0.5) is 10.2 Å². The third kappa shape index (κ3) is 6.96. The number of thiophene rings is 1. The second-order valence-corrected chi connectivity index (χ2v) is 14.6. The zero-order valence-corrected chi connectivity index (χ0v) is 30.4.